The van der Waals surface area contributed by atoms with E-state index in [2.05, 4.69) is 15.5 Å². The topological polar surface area (TPSA) is 61.4 Å². The van der Waals surface area contributed by atoms with Crippen molar-refractivity contribution in [1.82, 2.24) is 15.5 Å². The molecule has 0 aromatic rings. The van der Waals surface area contributed by atoms with Crippen molar-refractivity contribution in [3.8, 4) is 0 Å². The molecule has 0 aliphatic carbocycles. The molecular weight excluding hydrogens is 218 g/mol. The van der Waals surface area contributed by atoms with Gasteiger partial charge in [-0.25, -0.2) is 0 Å². The van der Waals surface area contributed by atoms with Crippen LogP contribution in [0.4, 0.5) is 0 Å². The highest BCUT2D eigenvalue weighted by molar-refractivity contribution is 5.89. The molecule has 2 heterocycles. The van der Waals surface area contributed by atoms with E-state index in [-0.39, 0.29) is 17.7 Å². The first-order valence-electron chi connectivity index (χ1n) is 6.52. The number of hydrogen-bond donors (Lipinski definition) is 2. The summed E-state index contributed by atoms with van der Waals surface area (Å²) in [6, 6.07) is 0. The number of nitrogens with zero attached hydrogens (tertiary/aromatic N) is 1. The summed E-state index contributed by atoms with van der Waals surface area (Å²) in [6.45, 7) is 4.70. The van der Waals surface area contributed by atoms with Crippen LogP contribution >= 0.6 is 0 Å². The number of nitrogens with one attached hydrogen (secondary N) is 2. The lowest BCUT2D eigenvalue weighted by Gasteiger charge is -2.15. The highest BCUT2D eigenvalue weighted by Crippen LogP contribution is 2.09. The summed E-state index contributed by atoms with van der Waals surface area (Å²) in [5.74, 6) is -0.152. The highest BCUT2D eigenvalue weighted by atomic mass is 16.2. The third-order valence-corrected chi connectivity index (χ3v) is 3.50. The highest BCUT2D eigenvalue weighted by Gasteiger charge is 2.27. The van der Waals surface area contributed by atoms with Crippen molar-refractivity contribution in [2.24, 2.45) is 5.92 Å². The average Bonchev–Trinajstić information content (AvgIpc) is 2.95. The van der Waals surface area contributed by atoms with Crippen LogP contribution in [0.5, 0.6) is 0 Å². The zero-order chi connectivity index (χ0) is 12.1. The molecule has 2 fully saturated rings. The lowest BCUT2D eigenvalue weighted by Crippen LogP contribution is -2.34. The minimum Gasteiger partial charge on any atom is -0.356 e. The van der Waals surface area contributed by atoms with Gasteiger partial charge in [-0.3, -0.25) is 9.59 Å². The molecule has 2 aliphatic rings. The standard InChI is InChI=1S/C12H21N3O2/c16-11-8-10(9-14-11)12(17)13-4-3-7-15-5-1-2-6-15/h10H,1-9H2,(H,13,17)(H,14,16). The van der Waals surface area contributed by atoms with Crippen LogP contribution in [0.2, 0.25) is 0 Å². The number of carbonyl (C=O) groups is 2. The molecule has 5 nitrogen and oxygen atoms in total. The molecule has 0 spiro atoms. The summed E-state index contributed by atoms with van der Waals surface area (Å²) < 4.78 is 0. The second-order valence-corrected chi connectivity index (χ2v) is 4.90. The molecule has 5 heteroatoms. The van der Waals surface area contributed by atoms with E-state index in [4.69, 9.17) is 0 Å². The van der Waals surface area contributed by atoms with Gasteiger partial charge in [-0.15, -0.1) is 0 Å². The van der Waals surface area contributed by atoms with Crippen molar-refractivity contribution in [3.63, 3.8) is 0 Å². The molecule has 2 aliphatic heterocycles. The van der Waals surface area contributed by atoms with E-state index in [0.29, 0.717) is 13.0 Å². The van der Waals surface area contributed by atoms with E-state index in [1.165, 1.54) is 25.9 Å². The van der Waals surface area contributed by atoms with Crippen LogP contribution in [-0.4, -0.2) is 49.4 Å². The summed E-state index contributed by atoms with van der Waals surface area (Å²) in [7, 11) is 0. The van der Waals surface area contributed by atoms with E-state index >= 15 is 0 Å². The molecule has 1 atom stereocenters. The minimum atomic E-state index is -0.158. The monoisotopic (exact) mass is 239 g/mol. The fraction of sp³-hybridized carbons (Fsp3) is 0.833. The third-order valence-electron chi connectivity index (χ3n) is 3.50. The minimum absolute atomic E-state index is 0.0118. The normalized spacial score (nSPS) is 24.9. The predicted octanol–water partition coefficient (Wildman–Crippen LogP) is -0.275. The maximum Gasteiger partial charge on any atom is 0.225 e. The molecule has 2 saturated heterocycles. The van der Waals surface area contributed by atoms with Gasteiger partial charge in [-0.05, 0) is 38.9 Å². The number of amides is 2. The van der Waals surface area contributed by atoms with Crippen molar-refractivity contribution < 1.29 is 9.59 Å². The number of rotatable bonds is 5. The number of hydrogen-bond acceptors (Lipinski definition) is 3. The van der Waals surface area contributed by atoms with E-state index in [1.54, 1.807) is 0 Å². The molecule has 17 heavy (non-hydrogen) atoms. The molecule has 2 rings (SSSR count). The van der Waals surface area contributed by atoms with Crippen molar-refractivity contribution in [2.45, 2.75) is 25.7 Å². The Morgan fingerprint density at radius 3 is 2.82 bits per heavy atom. The van der Waals surface area contributed by atoms with E-state index in [1.807, 2.05) is 0 Å². The van der Waals surface area contributed by atoms with Crippen molar-refractivity contribution in [2.75, 3.05) is 32.7 Å². The molecule has 2 amide bonds. The lowest BCUT2D eigenvalue weighted by atomic mass is 10.1. The van der Waals surface area contributed by atoms with Gasteiger partial charge < -0.3 is 15.5 Å². The van der Waals surface area contributed by atoms with Crippen molar-refractivity contribution in [1.29, 1.82) is 0 Å². The van der Waals surface area contributed by atoms with E-state index in [9.17, 15) is 9.59 Å². The van der Waals surface area contributed by atoms with Crippen LogP contribution < -0.4 is 10.6 Å². The molecule has 2 N–H and O–H groups in total. The van der Waals surface area contributed by atoms with Gasteiger partial charge in [0.25, 0.3) is 0 Å². The molecule has 0 saturated carbocycles. The maximum atomic E-state index is 11.7. The SMILES string of the molecule is O=C1CC(C(=O)NCCCN2CCCC2)CN1. The summed E-state index contributed by atoms with van der Waals surface area (Å²) in [5, 5.41) is 5.59. The van der Waals surface area contributed by atoms with Crippen LogP contribution in [0.1, 0.15) is 25.7 Å². The third kappa shape index (κ3) is 3.70. The van der Waals surface area contributed by atoms with E-state index in [0.717, 1.165) is 19.5 Å². The fourth-order valence-corrected chi connectivity index (χ4v) is 2.46. The first kappa shape index (κ1) is 12.4. The van der Waals surface area contributed by atoms with Crippen LogP contribution in [0.25, 0.3) is 0 Å². The Morgan fingerprint density at radius 2 is 2.18 bits per heavy atom. The molecule has 96 valence electrons. The summed E-state index contributed by atoms with van der Waals surface area (Å²) >= 11 is 0. The fourth-order valence-electron chi connectivity index (χ4n) is 2.46. The quantitative estimate of drug-likeness (QED) is 0.649. The summed E-state index contributed by atoms with van der Waals surface area (Å²) in [4.78, 5) is 25.1. The molecular formula is C12H21N3O2. The van der Waals surface area contributed by atoms with E-state index < -0.39 is 0 Å². The van der Waals surface area contributed by atoms with Gasteiger partial charge in [-0.2, -0.15) is 0 Å². The Balaban J connectivity index is 1.55. The lowest BCUT2D eigenvalue weighted by molar-refractivity contribution is -0.126. The smallest absolute Gasteiger partial charge is 0.225 e. The first-order valence-corrected chi connectivity index (χ1v) is 6.52. The molecule has 0 aromatic carbocycles. The van der Waals surface area contributed by atoms with Crippen LogP contribution in [0, 0.1) is 5.92 Å². The maximum absolute atomic E-state index is 11.7. The predicted molar refractivity (Wildman–Crippen MR) is 64.4 cm³/mol. The van der Waals surface area contributed by atoms with Gasteiger partial charge in [0.15, 0.2) is 0 Å². The Hall–Kier alpha value is -1.10. The summed E-state index contributed by atoms with van der Waals surface area (Å²) in [5.41, 5.74) is 0. The first-order chi connectivity index (χ1) is 8.25. The van der Waals surface area contributed by atoms with Gasteiger partial charge >= 0.3 is 0 Å². The Bertz CT molecular complexity index is 287. The van der Waals surface area contributed by atoms with Crippen LogP contribution in [0.3, 0.4) is 0 Å². The van der Waals surface area contributed by atoms with Crippen molar-refractivity contribution in [3.05, 3.63) is 0 Å². The van der Waals surface area contributed by atoms with Gasteiger partial charge in [0.05, 0.1) is 5.92 Å². The largest absolute Gasteiger partial charge is 0.356 e. The van der Waals surface area contributed by atoms with Crippen molar-refractivity contribution >= 4 is 11.8 Å². The average molecular weight is 239 g/mol. The Kier molecular flexibility index (Phi) is 4.36. The number of carbonyl (C=O) groups excluding carboxylic acids is 2. The Labute approximate surface area is 102 Å². The Morgan fingerprint density at radius 1 is 1.41 bits per heavy atom. The van der Waals surface area contributed by atoms with Crippen LogP contribution in [0.15, 0.2) is 0 Å². The zero-order valence-corrected chi connectivity index (χ0v) is 10.2. The second-order valence-electron chi connectivity index (χ2n) is 4.90. The zero-order valence-electron chi connectivity index (χ0n) is 10.2. The second kappa shape index (κ2) is 6.00. The van der Waals surface area contributed by atoms with Gasteiger partial charge in [-0.1, -0.05) is 0 Å². The molecule has 0 aromatic heterocycles. The van der Waals surface area contributed by atoms with Gasteiger partial charge in [0, 0.05) is 19.5 Å². The van der Waals surface area contributed by atoms with Gasteiger partial charge in [0.1, 0.15) is 0 Å². The molecule has 0 bridgehead atoms. The molecule has 0 radical (unpaired) electrons. The summed E-state index contributed by atoms with van der Waals surface area (Å²) in [6.07, 6.45) is 3.96. The van der Waals surface area contributed by atoms with Crippen LogP contribution in [-0.2, 0) is 9.59 Å². The number of likely N-dealkylation sites (tertiary alicyclic amines) is 1. The van der Waals surface area contributed by atoms with Gasteiger partial charge in [0.2, 0.25) is 11.8 Å². The molecule has 1 unspecified atom stereocenters.